The van der Waals surface area contributed by atoms with Gasteiger partial charge in [0.05, 0.1) is 4.92 Å². The highest BCUT2D eigenvalue weighted by Gasteiger charge is 2.19. The Morgan fingerprint density at radius 3 is 2.29 bits per heavy atom. The van der Waals surface area contributed by atoms with E-state index >= 15 is 0 Å². The average molecular weight is 344 g/mol. The molecular formula is C15H12F4N2O3. The van der Waals surface area contributed by atoms with Crippen LogP contribution >= 0.6 is 0 Å². The first-order chi connectivity index (χ1) is 11.4. The fourth-order valence-electron chi connectivity index (χ4n) is 1.95. The monoisotopic (exact) mass is 344 g/mol. The third-order valence-corrected chi connectivity index (χ3v) is 3.10. The number of nitro groups is 1. The number of nitrogens with one attached hydrogen (secondary N) is 1. The van der Waals surface area contributed by atoms with Crippen molar-refractivity contribution in [1.29, 1.82) is 0 Å². The number of rotatable bonds is 7. The van der Waals surface area contributed by atoms with Gasteiger partial charge in [0.2, 0.25) is 5.75 Å². The quantitative estimate of drug-likeness (QED) is 0.447. The van der Waals surface area contributed by atoms with Crippen LogP contribution in [0.3, 0.4) is 0 Å². The second kappa shape index (κ2) is 7.62. The van der Waals surface area contributed by atoms with Gasteiger partial charge < -0.3 is 10.1 Å². The minimum absolute atomic E-state index is 0.110. The summed E-state index contributed by atoms with van der Waals surface area (Å²) < 4.78 is 53.7. The third kappa shape index (κ3) is 4.58. The molecule has 128 valence electrons. The Morgan fingerprint density at radius 1 is 1.08 bits per heavy atom. The van der Waals surface area contributed by atoms with Gasteiger partial charge in [-0.2, -0.15) is 8.78 Å². The fourth-order valence-corrected chi connectivity index (χ4v) is 1.95. The molecule has 24 heavy (non-hydrogen) atoms. The van der Waals surface area contributed by atoms with Gasteiger partial charge in [0.1, 0.15) is 0 Å². The predicted octanol–water partition coefficient (Wildman–Crippen LogP) is 4.75. The highest BCUT2D eigenvalue weighted by atomic mass is 19.3. The molecule has 0 amide bonds. The lowest BCUT2D eigenvalue weighted by Crippen LogP contribution is -2.06. The number of nitro benzene ring substituents is 1. The van der Waals surface area contributed by atoms with Crippen LogP contribution in [0.4, 0.5) is 28.9 Å². The lowest BCUT2D eigenvalue weighted by molar-refractivity contribution is -0.386. The summed E-state index contributed by atoms with van der Waals surface area (Å²) in [6, 6.07) is 9.01. The summed E-state index contributed by atoms with van der Waals surface area (Å²) in [6.45, 7) is -2.98. The molecule has 0 saturated carbocycles. The first-order valence-corrected chi connectivity index (χ1v) is 6.71. The van der Waals surface area contributed by atoms with Gasteiger partial charge in [0.15, 0.2) is 0 Å². The van der Waals surface area contributed by atoms with Crippen molar-refractivity contribution in [1.82, 2.24) is 0 Å². The van der Waals surface area contributed by atoms with Crippen LogP contribution in [-0.2, 0) is 6.54 Å². The van der Waals surface area contributed by atoms with Gasteiger partial charge in [0, 0.05) is 29.9 Å². The van der Waals surface area contributed by atoms with E-state index in [1.165, 1.54) is 30.3 Å². The number of anilines is 1. The molecule has 0 atom stereocenters. The largest absolute Gasteiger partial charge is 0.427 e. The summed E-state index contributed by atoms with van der Waals surface area (Å²) in [4.78, 5) is 9.95. The molecule has 0 aliphatic rings. The van der Waals surface area contributed by atoms with Gasteiger partial charge >= 0.3 is 12.3 Å². The van der Waals surface area contributed by atoms with Gasteiger partial charge in [0.25, 0.3) is 6.43 Å². The second-order valence-corrected chi connectivity index (χ2v) is 4.71. The lowest BCUT2D eigenvalue weighted by Gasteiger charge is -2.10. The van der Waals surface area contributed by atoms with E-state index in [2.05, 4.69) is 10.1 Å². The fraction of sp³-hybridized carbons (Fsp3) is 0.200. The molecule has 1 N–H and O–H groups in total. The van der Waals surface area contributed by atoms with E-state index in [1.54, 1.807) is 0 Å². The third-order valence-electron chi connectivity index (χ3n) is 3.10. The van der Waals surface area contributed by atoms with Crippen LogP contribution in [0.1, 0.15) is 17.6 Å². The van der Waals surface area contributed by atoms with E-state index in [4.69, 9.17) is 0 Å². The number of halogens is 4. The van der Waals surface area contributed by atoms with Gasteiger partial charge in [-0.15, -0.1) is 0 Å². The van der Waals surface area contributed by atoms with Crippen LogP contribution < -0.4 is 10.1 Å². The Morgan fingerprint density at radius 2 is 1.75 bits per heavy atom. The number of hydrogen-bond acceptors (Lipinski definition) is 4. The number of nitrogens with zero attached hydrogens (tertiary/aromatic N) is 1. The summed E-state index contributed by atoms with van der Waals surface area (Å²) in [5, 5.41) is 13.6. The summed E-state index contributed by atoms with van der Waals surface area (Å²) in [7, 11) is 0. The summed E-state index contributed by atoms with van der Waals surface area (Å²) >= 11 is 0. The van der Waals surface area contributed by atoms with E-state index < -0.39 is 29.4 Å². The Kier molecular flexibility index (Phi) is 5.56. The Balaban J connectivity index is 2.10. The van der Waals surface area contributed by atoms with Crippen molar-refractivity contribution in [3.05, 3.63) is 63.7 Å². The van der Waals surface area contributed by atoms with Crippen molar-refractivity contribution in [3.8, 4) is 5.75 Å². The SMILES string of the molecule is O=[N+]([O-])c1ccc(NCc2ccc(C(F)F)cc2)cc1OC(F)F. The molecule has 0 saturated heterocycles. The molecule has 0 unspecified atom stereocenters. The summed E-state index contributed by atoms with van der Waals surface area (Å²) in [5.41, 5.74) is 0.298. The maximum atomic E-state index is 12.5. The summed E-state index contributed by atoms with van der Waals surface area (Å²) in [5.74, 6) is -0.562. The first kappa shape index (κ1) is 17.5. The highest BCUT2D eigenvalue weighted by Crippen LogP contribution is 2.31. The van der Waals surface area contributed by atoms with Crippen molar-refractivity contribution in [2.75, 3.05) is 5.32 Å². The minimum atomic E-state index is -3.19. The van der Waals surface area contributed by atoms with Crippen molar-refractivity contribution in [2.24, 2.45) is 0 Å². The summed E-state index contributed by atoms with van der Waals surface area (Å²) in [6.07, 6.45) is -2.56. The molecule has 0 heterocycles. The zero-order valence-electron chi connectivity index (χ0n) is 12.1. The Labute approximate surface area is 134 Å². The van der Waals surface area contributed by atoms with Gasteiger partial charge in [-0.05, 0) is 11.6 Å². The standard InChI is InChI=1S/C15H12F4N2O3/c16-14(17)10-3-1-9(2-4-10)8-20-11-5-6-12(21(22)23)13(7-11)24-15(18)19/h1-7,14-15,20H,8H2. The number of alkyl halides is 4. The number of ether oxygens (including phenoxy) is 1. The molecule has 2 aromatic rings. The molecule has 9 heteroatoms. The zero-order chi connectivity index (χ0) is 17.7. The highest BCUT2D eigenvalue weighted by molar-refractivity contribution is 5.58. The van der Waals surface area contributed by atoms with E-state index in [0.29, 0.717) is 11.3 Å². The first-order valence-electron chi connectivity index (χ1n) is 6.71. The maximum absolute atomic E-state index is 12.5. The van der Waals surface area contributed by atoms with Crippen LogP contribution in [0.2, 0.25) is 0 Å². The number of benzene rings is 2. The van der Waals surface area contributed by atoms with E-state index in [-0.39, 0.29) is 12.1 Å². The van der Waals surface area contributed by atoms with Crippen LogP contribution in [0.25, 0.3) is 0 Å². The van der Waals surface area contributed by atoms with Crippen LogP contribution in [0.15, 0.2) is 42.5 Å². The zero-order valence-corrected chi connectivity index (χ0v) is 12.1. The van der Waals surface area contributed by atoms with E-state index in [9.17, 15) is 27.7 Å². The Bertz CT molecular complexity index is 708. The molecule has 0 aromatic heterocycles. The molecule has 0 fully saturated rings. The molecule has 0 aliphatic carbocycles. The predicted molar refractivity (Wildman–Crippen MR) is 78.5 cm³/mol. The molecule has 0 bridgehead atoms. The van der Waals surface area contributed by atoms with Crippen molar-refractivity contribution < 1.29 is 27.2 Å². The molecule has 2 aromatic carbocycles. The van der Waals surface area contributed by atoms with Crippen LogP contribution in [-0.4, -0.2) is 11.5 Å². The van der Waals surface area contributed by atoms with E-state index in [1.807, 2.05) is 0 Å². The second-order valence-electron chi connectivity index (χ2n) is 4.71. The minimum Gasteiger partial charge on any atom is -0.427 e. The molecule has 5 nitrogen and oxygen atoms in total. The Hall–Kier alpha value is -2.84. The van der Waals surface area contributed by atoms with Crippen molar-refractivity contribution >= 4 is 11.4 Å². The van der Waals surface area contributed by atoms with Gasteiger partial charge in [-0.3, -0.25) is 10.1 Å². The molecule has 0 aliphatic heterocycles. The van der Waals surface area contributed by atoms with Gasteiger partial charge in [-0.1, -0.05) is 24.3 Å². The average Bonchev–Trinajstić information content (AvgIpc) is 2.52. The normalized spacial score (nSPS) is 10.9. The molecule has 2 rings (SSSR count). The van der Waals surface area contributed by atoms with Crippen molar-refractivity contribution in [2.45, 2.75) is 19.6 Å². The van der Waals surface area contributed by atoms with Crippen LogP contribution in [0.5, 0.6) is 5.75 Å². The van der Waals surface area contributed by atoms with Crippen molar-refractivity contribution in [3.63, 3.8) is 0 Å². The number of hydrogen-bond donors (Lipinski definition) is 1. The van der Waals surface area contributed by atoms with Gasteiger partial charge in [-0.25, -0.2) is 8.78 Å². The topological polar surface area (TPSA) is 64.4 Å². The smallest absolute Gasteiger partial charge is 0.387 e. The van der Waals surface area contributed by atoms with Crippen LogP contribution in [0, 0.1) is 10.1 Å². The molecule has 0 spiro atoms. The van der Waals surface area contributed by atoms with E-state index in [0.717, 1.165) is 12.1 Å². The molecular weight excluding hydrogens is 332 g/mol. The molecule has 0 radical (unpaired) electrons. The lowest BCUT2D eigenvalue weighted by atomic mass is 10.1. The maximum Gasteiger partial charge on any atom is 0.387 e.